The minimum absolute atomic E-state index is 0.649. The highest BCUT2D eigenvalue weighted by atomic mass is 15.2. The fraction of sp³-hybridized carbons (Fsp3) is 0.333. The summed E-state index contributed by atoms with van der Waals surface area (Å²) >= 11 is 0. The predicted octanol–water partition coefficient (Wildman–Crippen LogP) is 2.34. The van der Waals surface area contributed by atoms with Gasteiger partial charge in [-0.05, 0) is 31.9 Å². The summed E-state index contributed by atoms with van der Waals surface area (Å²) in [5, 5.41) is 10.3. The number of hydrogen-bond acceptors (Lipinski definition) is 3. The number of benzene rings is 1. The average molecular weight is 216 g/mol. The van der Waals surface area contributed by atoms with Gasteiger partial charge in [-0.2, -0.15) is 5.10 Å². The lowest BCUT2D eigenvalue weighted by molar-refractivity contribution is 0.950. The van der Waals surface area contributed by atoms with Crippen molar-refractivity contribution in [3.8, 4) is 0 Å². The second kappa shape index (κ2) is 4.35. The normalized spacial score (nSPS) is 10.4. The van der Waals surface area contributed by atoms with Crippen molar-refractivity contribution in [1.82, 2.24) is 15.2 Å². The van der Waals surface area contributed by atoms with Crippen molar-refractivity contribution in [2.75, 3.05) is 5.32 Å². The average Bonchev–Trinajstić information content (AvgIpc) is 2.63. The predicted molar refractivity (Wildman–Crippen MR) is 64.4 cm³/mol. The number of aryl methyl sites for hydroxylation is 3. The molecule has 1 aromatic heterocycles. The Hall–Kier alpha value is -1.84. The second-order valence-corrected chi connectivity index (χ2v) is 3.96. The molecule has 16 heavy (non-hydrogen) atoms. The number of hydrogen-bond donors (Lipinski definition) is 2. The molecule has 84 valence electrons. The van der Waals surface area contributed by atoms with Gasteiger partial charge in [-0.1, -0.05) is 18.2 Å². The van der Waals surface area contributed by atoms with E-state index in [1.54, 1.807) is 0 Å². The summed E-state index contributed by atoms with van der Waals surface area (Å²) in [6.45, 7) is 6.74. The number of anilines is 1. The minimum Gasteiger partial charge on any atom is -0.377 e. The van der Waals surface area contributed by atoms with E-state index < -0.39 is 0 Å². The monoisotopic (exact) mass is 216 g/mol. The minimum atomic E-state index is 0.649. The van der Waals surface area contributed by atoms with Gasteiger partial charge in [0.25, 0.3) is 0 Å². The quantitative estimate of drug-likeness (QED) is 0.828. The molecular formula is C12H16N4. The maximum atomic E-state index is 4.26. The smallest absolute Gasteiger partial charge is 0.169 e. The lowest BCUT2D eigenvalue weighted by Gasteiger charge is -2.10. The third-order valence-corrected chi connectivity index (χ3v) is 2.55. The van der Waals surface area contributed by atoms with Crippen LogP contribution in [-0.4, -0.2) is 15.2 Å². The molecule has 2 aromatic rings. The highest BCUT2D eigenvalue weighted by Crippen LogP contribution is 2.19. The molecule has 0 fully saturated rings. The summed E-state index contributed by atoms with van der Waals surface area (Å²) in [5.74, 6) is 1.64. The zero-order valence-corrected chi connectivity index (χ0v) is 9.83. The Morgan fingerprint density at radius 1 is 1.19 bits per heavy atom. The van der Waals surface area contributed by atoms with E-state index in [-0.39, 0.29) is 0 Å². The molecule has 0 spiro atoms. The molecule has 0 bridgehead atoms. The van der Waals surface area contributed by atoms with Gasteiger partial charge in [-0.25, -0.2) is 4.98 Å². The molecule has 4 nitrogen and oxygen atoms in total. The summed E-state index contributed by atoms with van der Waals surface area (Å²) in [7, 11) is 0. The van der Waals surface area contributed by atoms with Crippen molar-refractivity contribution in [1.29, 1.82) is 0 Å². The molecule has 0 amide bonds. The molecule has 4 heteroatoms. The molecule has 0 aliphatic rings. The van der Waals surface area contributed by atoms with Crippen molar-refractivity contribution >= 4 is 5.69 Å². The number of H-pyrrole nitrogens is 1. The van der Waals surface area contributed by atoms with Crippen LogP contribution < -0.4 is 5.32 Å². The number of nitrogens with zero attached hydrogens (tertiary/aromatic N) is 2. The third-order valence-electron chi connectivity index (χ3n) is 2.55. The molecule has 1 aromatic carbocycles. The molecule has 0 saturated heterocycles. The zero-order valence-electron chi connectivity index (χ0n) is 9.83. The van der Waals surface area contributed by atoms with Crippen LogP contribution in [0.2, 0.25) is 0 Å². The Kier molecular flexibility index (Phi) is 2.90. The van der Waals surface area contributed by atoms with Crippen LogP contribution in [0.3, 0.4) is 0 Å². The molecular weight excluding hydrogens is 200 g/mol. The molecule has 0 radical (unpaired) electrons. The van der Waals surface area contributed by atoms with Gasteiger partial charge in [0.2, 0.25) is 0 Å². The third kappa shape index (κ3) is 2.21. The Bertz CT molecular complexity index is 467. The first-order valence-electron chi connectivity index (χ1n) is 5.35. The lowest BCUT2D eigenvalue weighted by Crippen LogP contribution is -2.04. The lowest BCUT2D eigenvalue weighted by atomic mass is 10.1. The van der Waals surface area contributed by atoms with E-state index in [4.69, 9.17) is 0 Å². The molecule has 0 aliphatic carbocycles. The van der Waals surface area contributed by atoms with Crippen LogP contribution in [0.15, 0.2) is 18.2 Å². The standard InChI is InChI=1S/C12H16N4/c1-8-5-4-6-9(2)12(8)13-7-11-14-10(3)15-16-11/h4-6,13H,7H2,1-3H3,(H,14,15,16). The SMILES string of the molecule is Cc1nc(CNc2c(C)cccc2C)n[nH]1. The fourth-order valence-corrected chi connectivity index (χ4v) is 1.73. The Labute approximate surface area is 95.1 Å². The van der Waals surface area contributed by atoms with Crippen LogP contribution in [0.5, 0.6) is 0 Å². The van der Waals surface area contributed by atoms with Crippen molar-refractivity contribution in [3.05, 3.63) is 41.0 Å². The molecule has 2 N–H and O–H groups in total. The summed E-state index contributed by atoms with van der Waals surface area (Å²) in [5.41, 5.74) is 3.66. The van der Waals surface area contributed by atoms with Gasteiger partial charge in [-0.3, -0.25) is 5.10 Å². The maximum Gasteiger partial charge on any atom is 0.169 e. The van der Waals surface area contributed by atoms with Crippen LogP contribution in [0.4, 0.5) is 5.69 Å². The summed E-state index contributed by atoms with van der Waals surface area (Å²) in [6, 6.07) is 6.25. The van der Waals surface area contributed by atoms with Gasteiger partial charge >= 0.3 is 0 Å². The second-order valence-electron chi connectivity index (χ2n) is 3.96. The van der Waals surface area contributed by atoms with E-state index in [9.17, 15) is 0 Å². The molecule has 0 atom stereocenters. The number of para-hydroxylation sites is 1. The molecule has 0 aliphatic heterocycles. The Balaban J connectivity index is 2.10. The molecule has 0 unspecified atom stereocenters. The fourth-order valence-electron chi connectivity index (χ4n) is 1.73. The first-order chi connectivity index (χ1) is 7.66. The summed E-state index contributed by atoms with van der Waals surface area (Å²) in [6.07, 6.45) is 0. The van der Waals surface area contributed by atoms with Crippen molar-refractivity contribution in [2.45, 2.75) is 27.3 Å². The van der Waals surface area contributed by atoms with Gasteiger partial charge in [0.15, 0.2) is 5.82 Å². The van der Waals surface area contributed by atoms with Crippen LogP contribution in [-0.2, 0) is 6.54 Å². The van der Waals surface area contributed by atoms with Gasteiger partial charge < -0.3 is 5.32 Å². The summed E-state index contributed by atoms with van der Waals surface area (Å²) in [4.78, 5) is 4.26. The van der Waals surface area contributed by atoms with Crippen molar-refractivity contribution in [3.63, 3.8) is 0 Å². The van der Waals surface area contributed by atoms with E-state index in [1.165, 1.54) is 16.8 Å². The highest BCUT2D eigenvalue weighted by Gasteiger charge is 2.03. The van der Waals surface area contributed by atoms with Gasteiger partial charge in [0.05, 0.1) is 6.54 Å². The van der Waals surface area contributed by atoms with Crippen LogP contribution in [0.25, 0.3) is 0 Å². The molecule has 0 saturated carbocycles. The van der Waals surface area contributed by atoms with E-state index in [0.717, 1.165) is 11.6 Å². The largest absolute Gasteiger partial charge is 0.377 e. The van der Waals surface area contributed by atoms with Gasteiger partial charge in [-0.15, -0.1) is 0 Å². The van der Waals surface area contributed by atoms with E-state index in [1.807, 2.05) is 6.92 Å². The maximum absolute atomic E-state index is 4.26. The first kappa shape index (κ1) is 10.7. The van der Waals surface area contributed by atoms with Gasteiger partial charge in [0.1, 0.15) is 5.82 Å². The molecule has 2 rings (SSSR count). The highest BCUT2D eigenvalue weighted by molar-refractivity contribution is 5.56. The topological polar surface area (TPSA) is 53.6 Å². The number of aromatic amines is 1. The van der Waals surface area contributed by atoms with Crippen molar-refractivity contribution < 1.29 is 0 Å². The zero-order chi connectivity index (χ0) is 11.5. The Morgan fingerprint density at radius 3 is 2.44 bits per heavy atom. The van der Waals surface area contributed by atoms with Gasteiger partial charge in [0, 0.05) is 5.69 Å². The number of nitrogens with one attached hydrogen (secondary N) is 2. The number of rotatable bonds is 3. The first-order valence-corrected chi connectivity index (χ1v) is 5.35. The van der Waals surface area contributed by atoms with Crippen molar-refractivity contribution in [2.24, 2.45) is 0 Å². The van der Waals surface area contributed by atoms with E-state index in [0.29, 0.717) is 6.54 Å². The van der Waals surface area contributed by atoms with E-state index >= 15 is 0 Å². The summed E-state index contributed by atoms with van der Waals surface area (Å²) < 4.78 is 0. The van der Waals surface area contributed by atoms with Crippen LogP contribution >= 0.6 is 0 Å². The van der Waals surface area contributed by atoms with Crippen LogP contribution in [0, 0.1) is 20.8 Å². The molecule has 1 heterocycles. The number of aromatic nitrogens is 3. The Morgan fingerprint density at radius 2 is 1.88 bits per heavy atom. The van der Waals surface area contributed by atoms with Crippen LogP contribution in [0.1, 0.15) is 22.8 Å². The van der Waals surface area contributed by atoms with E-state index in [2.05, 4.69) is 52.5 Å².